The number of amides is 1. The van der Waals surface area contributed by atoms with Crippen LogP contribution in [-0.2, 0) is 10.8 Å². The summed E-state index contributed by atoms with van der Waals surface area (Å²) in [5.74, 6) is -0.492. The van der Waals surface area contributed by atoms with Gasteiger partial charge in [0.15, 0.2) is 6.10 Å². The minimum Gasteiger partial charge on any atom is -0.487 e. The van der Waals surface area contributed by atoms with Crippen LogP contribution in [0.2, 0.25) is 0 Å². The van der Waals surface area contributed by atoms with Crippen LogP contribution in [-0.4, -0.2) is 59.9 Å². The quantitative estimate of drug-likeness (QED) is 0.481. The maximum atomic E-state index is 12.9. The normalized spacial score (nSPS) is 15.6. The fourth-order valence-corrected chi connectivity index (χ4v) is 3.49. The number of carbonyl (C=O) groups is 1. The van der Waals surface area contributed by atoms with Crippen LogP contribution in [0.3, 0.4) is 0 Å². The fraction of sp³-hybridized carbons (Fsp3) is 0.409. The molecule has 5 nitrogen and oxygen atoms in total. The summed E-state index contributed by atoms with van der Waals surface area (Å²) in [7, 11) is -0.957. The van der Waals surface area contributed by atoms with Crippen LogP contribution in [0.4, 0.5) is 26.3 Å². The van der Waals surface area contributed by atoms with Gasteiger partial charge < -0.3 is 14.4 Å². The van der Waals surface area contributed by atoms with E-state index in [1.165, 1.54) is 53.6 Å². The van der Waals surface area contributed by atoms with Gasteiger partial charge in [0.2, 0.25) is 0 Å². The van der Waals surface area contributed by atoms with Gasteiger partial charge in [0, 0.05) is 27.5 Å². The van der Waals surface area contributed by atoms with Gasteiger partial charge >= 0.3 is 6.18 Å². The standard InChI is InChI=1S/C21H20F5NO4S.CH3F/c1-12(21(24,25)26)30-18-8-7-16(32(2)29)9-17(18)20(28)27-10-15(11-27)31-14-5-3-13(4-6-14)19(22)23;1-2/h3-9,12,15,19H,10-11H2,1-2H3;1H3. The van der Waals surface area contributed by atoms with Gasteiger partial charge in [-0.15, -0.1) is 0 Å². The average molecular weight is 511 g/mol. The highest BCUT2D eigenvalue weighted by Crippen LogP contribution is 2.31. The van der Waals surface area contributed by atoms with E-state index in [1.54, 1.807) is 0 Å². The Bertz CT molecular complexity index is 994. The zero-order valence-electron chi connectivity index (χ0n) is 18.4. The third-order valence-corrected chi connectivity index (χ3v) is 5.77. The maximum absolute atomic E-state index is 12.9. The van der Waals surface area contributed by atoms with Gasteiger partial charge in [-0.25, -0.2) is 8.78 Å². The predicted octanol–water partition coefficient (Wildman–Crippen LogP) is 5.18. The Morgan fingerprint density at radius 2 is 1.68 bits per heavy atom. The van der Waals surface area contributed by atoms with E-state index in [2.05, 4.69) is 0 Å². The van der Waals surface area contributed by atoms with Crippen LogP contribution in [0.5, 0.6) is 11.5 Å². The minimum absolute atomic E-state index is 0.131. The van der Waals surface area contributed by atoms with Gasteiger partial charge in [-0.05, 0) is 49.4 Å². The first-order chi connectivity index (χ1) is 16.0. The molecule has 2 aromatic carbocycles. The summed E-state index contributed by atoms with van der Waals surface area (Å²) in [6, 6.07) is 9.08. The third kappa shape index (κ3) is 6.87. The van der Waals surface area contributed by atoms with Crippen LogP contribution in [0.15, 0.2) is 47.4 Å². The van der Waals surface area contributed by atoms with Crippen molar-refractivity contribution in [2.24, 2.45) is 0 Å². The molecule has 0 aromatic heterocycles. The summed E-state index contributed by atoms with van der Waals surface area (Å²) in [6.45, 7) is 1.11. The molecule has 0 saturated carbocycles. The number of likely N-dealkylation sites (tertiary alicyclic amines) is 1. The zero-order valence-corrected chi connectivity index (χ0v) is 19.3. The van der Waals surface area contributed by atoms with Gasteiger partial charge in [-0.2, -0.15) is 13.2 Å². The number of carbonyl (C=O) groups excluding carboxylic acids is 1. The summed E-state index contributed by atoms with van der Waals surface area (Å²) in [4.78, 5) is 14.5. The lowest BCUT2D eigenvalue weighted by Gasteiger charge is -2.39. The molecule has 1 saturated heterocycles. The zero-order chi connectivity index (χ0) is 25.6. The number of nitrogens with zero attached hydrogens (tertiary/aromatic N) is 1. The molecule has 34 heavy (non-hydrogen) atoms. The molecular weight excluding hydrogens is 488 g/mol. The SMILES string of the molecule is CC(Oc1ccc(S(C)=O)cc1C(=O)N1CC(Oc2ccc(C(F)F)cc2)C1)C(F)(F)F.CF. The first-order valence-electron chi connectivity index (χ1n) is 9.88. The smallest absolute Gasteiger partial charge is 0.425 e. The molecule has 1 heterocycles. The van der Waals surface area contributed by atoms with E-state index < -0.39 is 41.5 Å². The highest BCUT2D eigenvalue weighted by molar-refractivity contribution is 7.84. The molecule has 0 bridgehead atoms. The molecule has 12 heteroatoms. The molecule has 188 valence electrons. The first kappa shape index (κ1) is 27.5. The Balaban J connectivity index is 0.00000199. The number of ether oxygens (including phenoxy) is 2. The Morgan fingerprint density at radius 3 is 2.18 bits per heavy atom. The molecule has 3 rings (SSSR count). The average Bonchev–Trinajstić information content (AvgIpc) is 2.76. The monoisotopic (exact) mass is 511 g/mol. The number of rotatable bonds is 7. The molecule has 0 N–H and O–H groups in total. The van der Waals surface area contributed by atoms with E-state index in [9.17, 15) is 35.3 Å². The molecule has 1 fully saturated rings. The van der Waals surface area contributed by atoms with Gasteiger partial charge in [-0.3, -0.25) is 13.4 Å². The van der Waals surface area contributed by atoms with Gasteiger partial charge in [0.25, 0.3) is 12.3 Å². The Kier molecular flexibility index (Phi) is 9.37. The van der Waals surface area contributed by atoms with E-state index in [0.29, 0.717) is 12.9 Å². The minimum atomic E-state index is -4.62. The van der Waals surface area contributed by atoms with E-state index in [1.807, 2.05) is 0 Å². The second kappa shape index (κ2) is 11.6. The van der Waals surface area contributed by atoms with Crippen molar-refractivity contribution in [3.63, 3.8) is 0 Å². The second-order valence-electron chi connectivity index (χ2n) is 7.23. The van der Waals surface area contributed by atoms with Crippen LogP contribution in [0.25, 0.3) is 0 Å². The Labute approximate surface area is 195 Å². The maximum Gasteiger partial charge on any atom is 0.425 e. The Hall–Kier alpha value is -2.76. The molecule has 2 atom stereocenters. The van der Waals surface area contributed by atoms with Crippen LogP contribution >= 0.6 is 0 Å². The van der Waals surface area contributed by atoms with Crippen molar-refractivity contribution < 1.29 is 44.8 Å². The van der Waals surface area contributed by atoms with Crippen LogP contribution in [0, 0.1) is 0 Å². The van der Waals surface area contributed by atoms with Crippen molar-refractivity contribution in [1.29, 1.82) is 0 Å². The van der Waals surface area contributed by atoms with Crippen LogP contribution in [0.1, 0.15) is 29.3 Å². The van der Waals surface area contributed by atoms with E-state index in [0.717, 1.165) is 6.92 Å². The number of benzene rings is 2. The van der Waals surface area contributed by atoms with Crippen molar-refractivity contribution in [2.75, 3.05) is 26.5 Å². The lowest BCUT2D eigenvalue weighted by Crippen LogP contribution is -2.56. The largest absolute Gasteiger partial charge is 0.487 e. The molecule has 0 spiro atoms. The topological polar surface area (TPSA) is 55.8 Å². The second-order valence-corrected chi connectivity index (χ2v) is 8.61. The van der Waals surface area contributed by atoms with Crippen LogP contribution < -0.4 is 9.47 Å². The molecule has 1 aliphatic heterocycles. The van der Waals surface area contributed by atoms with Crippen molar-refractivity contribution in [1.82, 2.24) is 4.90 Å². The summed E-state index contributed by atoms with van der Waals surface area (Å²) in [5.41, 5.74) is -0.273. The molecular formula is C22H23F6NO4S. The lowest BCUT2D eigenvalue weighted by molar-refractivity contribution is -0.189. The van der Waals surface area contributed by atoms with E-state index in [-0.39, 0.29) is 34.9 Å². The highest BCUT2D eigenvalue weighted by atomic mass is 32.2. The summed E-state index contributed by atoms with van der Waals surface area (Å²) < 4.78 is 95.9. The van der Waals surface area contributed by atoms with Crippen molar-refractivity contribution >= 4 is 16.7 Å². The molecule has 2 aromatic rings. The fourth-order valence-electron chi connectivity index (χ4n) is 2.95. The summed E-state index contributed by atoms with van der Waals surface area (Å²) in [5, 5.41) is 0. The van der Waals surface area contributed by atoms with Gasteiger partial charge in [-0.1, -0.05) is 0 Å². The van der Waals surface area contributed by atoms with E-state index >= 15 is 0 Å². The molecule has 0 radical (unpaired) electrons. The van der Waals surface area contributed by atoms with Crippen molar-refractivity contribution in [2.45, 2.75) is 36.6 Å². The number of alkyl halides is 6. The number of hydrogen-bond donors (Lipinski definition) is 0. The Morgan fingerprint density at radius 1 is 1.09 bits per heavy atom. The molecule has 1 amide bonds. The summed E-state index contributed by atoms with van der Waals surface area (Å²) >= 11 is 0. The number of hydrogen-bond acceptors (Lipinski definition) is 4. The van der Waals surface area contributed by atoms with Gasteiger partial charge in [0.05, 0.1) is 25.8 Å². The highest BCUT2D eigenvalue weighted by Gasteiger charge is 2.39. The predicted molar refractivity (Wildman–Crippen MR) is 114 cm³/mol. The van der Waals surface area contributed by atoms with E-state index in [4.69, 9.17) is 9.47 Å². The molecule has 2 unspecified atom stereocenters. The third-order valence-electron chi connectivity index (χ3n) is 4.85. The van der Waals surface area contributed by atoms with Gasteiger partial charge in [0.1, 0.15) is 17.6 Å². The van der Waals surface area contributed by atoms with Crippen molar-refractivity contribution in [3.05, 3.63) is 53.6 Å². The summed E-state index contributed by atoms with van der Waals surface area (Å²) in [6.07, 6.45) is -8.38. The first-order valence-corrected chi connectivity index (χ1v) is 11.4. The number of halogens is 6. The lowest BCUT2D eigenvalue weighted by atomic mass is 10.1. The van der Waals surface area contributed by atoms with Crippen molar-refractivity contribution in [3.8, 4) is 11.5 Å². The molecule has 0 aliphatic carbocycles. The molecule has 1 aliphatic rings.